The molecule has 0 amide bonds. The van der Waals surface area contributed by atoms with E-state index in [0.29, 0.717) is 4.91 Å². The van der Waals surface area contributed by atoms with E-state index in [0.717, 1.165) is 4.90 Å². The van der Waals surface area contributed by atoms with Crippen molar-refractivity contribution in [1.82, 2.24) is 0 Å². The number of hydrogen-bond donors (Lipinski definition) is 0. The highest BCUT2D eigenvalue weighted by Crippen LogP contribution is 2.27. The van der Waals surface area contributed by atoms with E-state index in [4.69, 9.17) is 11.6 Å². The minimum atomic E-state index is -0.422. The standard InChI is InChI=1S/C10H9ClO2S/c1-13-10(12)9(7-11)14-8-5-3-2-4-6-8/h2-7H,1H3. The Morgan fingerprint density at radius 3 is 2.57 bits per heavy atom. The van der Waals surface area contributed by atoms with Crippen molar-refractivity contribution >= 4 is 29.3 Å². The fraction of sp³-hybridized carbons (Fsp3) is 0.100. The molecular formula is C10H9ClO2S. The SMILES string of the molecule is COC(=O)C(=CCl)Sc1ccccc1. The Kier molecular flexibility index (Phi) is 4.56. The summed E-state index contributed by atoms with van der Waals surface area (Å²) >= 11 is 6.78. The molecule has 0 saturated carbocycles. The lowest BCUT2D eigenvalue weighted by Gasteiger charge is -2.02. The molecular weight excluding hydrogens is 220 g/mol. The number of thioether (sulfide) groups is 1. The van der Waals surface area contributed by atoms with Crippen LogP contribution in [0, 0.1) is 0 Å². The van der Waals surface area contributed by atoms with E-state index >= 15 is 0 Å². The van der Waals surface area contributed by atoms with E-state index in [1.807, 2.05) is 30.3 Å². The largest absolute Gasteiger partial charge is 0.465 e. The molecule has 0 aliphatic heterocycles. The van der Waals surface area contributed by atoms with Crippen molar-refractivity contribution in [2.75, 3.05) is 7.11 Å². The fourth-order valence-corrected chi connectivity index (χ4v) is 1.81. The van der Waals surface area contributed by atoms with Gasteiger partial charge in [0.1, 0.15) is 4.91 Å². The highest BCUT2D eigenvalue weighted by Gasteiger charge is 2.10. The van der Waals surface area contributed by atoms with Gasteiger partial charge in [-0.15, -0.1) is 0 Å². The Labute approximate surface area is 91.9 Å². The average molecular weight is 229 g/mol. The predicted molar refractivity (Wildman–Crippen MR) is 58.3 cm³/mol. The molecule has 4 heteroatoms. The molecule has 1 aromatic carbocycles. The summed E-state index contributed by atoms with van der Waals surface area (Å²) in [5, 5.41) is 0. The van der Waals surface area contributed by atoms with Gasteiger partial charge in [-0.1, -0.05) is 41.6 Å². The van der Waals surface area contributed by atoms with Crippen LogP contribution in [0.5, 0.6) is 0 Å². The maximum absolute atomic E-state index is 11.2. The van der Waals surface area contributed by atoms with Crippen LogP contribution in [0.3, 0.4) is 0 Å². The van der Waals surface area contributed by atoms with Crippen molar-refractivity contribution in [3.63, 3.8) is 0 Å². The Morgan fingerprint density at radius 2 is 2.07 bits per heavy atom. The van der Waals surface area contributed by atoms with Gasteiger partial charge in [-0.05, 0) is 12.1 Å². The van der Waals surface area contributed by atoms with Crippen LogP contribution in [-0.4, -0.2) is 13.1 Å². The van der Waals surface area contributed by atoms with E-state index in [2.05, 4.69) is 4.74 Å². The molecule has 0 unspecified atom stereocenters. The number of carbonyl (C=O) groups is 1. The van der Waals surface area contributed by atoms with Crippen LogP contribution in [0.25, 0.3) is 0 Å². The second kappa shape index (κ2) is 5.73. The summed E-state index contributed by atoms with van der Waals surface area (Å²) < 4.78 is 4.56. The van der Waals surface area contributed by atoms with E-state index < -0.39 is 5.97 Å². The second-order valence-corrected chi connectivity index (χ2v) is 3.71. The molecule has 0 aromatic heterocycles. The molecule has 0 aliphatic rings. The van der Waals surface area contributed by atoms with Gasteiger partial charge in [0.05, 0.1) is 7.11 Å². The first-order chi connectivity index (χ1) is 6.77. The predicted octanol–water partition coefficient (Wildman–Crippen LogP) is 3.03. The zero-order valence-corrected chi connectivity index (χ0v) is 9.14. The van der Waals surface area contributed by atoms with E-state index in [1.165, 1.54) is 24.4 Å². The minimum absolute atomic E-state index is 0.375. The first-order valence-electron chi connectivity index (χ1n) is 3.89. The van der Waals surface area contributed by atoms with Crippen LogP contribution < -0.4 is 0 Å². The molecule has 0 heterocycles. The number of methoxy groups -OCH3 is 1. The molecule has 0 fully saturated rings. The molecule has 2 nitrogen and oxygen atoms in total. The van der Waals surface area contributed by atoms with Crippen LogP contribution in [0.15, 0.2) is 45.7 Å². The van der Waals surface area contributed by atoms with Crippen molar-refractivity contribution in [1.29, 1.82) is 0 Å². The molecule has 0 aliphatic carbocycles. The molecule has 0 radical (unpaired) electrons. The van der Waals surface area contributed by atoms with E-state index in [9.17, 15) is 4.79 Å². The Bertz CT molecular complexity index is 335. The minimum Gasteiger partial charge on any atom is -0.465 e. The number of hydrogen-bond acceptors (Lipinski definition) is 3. The van der Waals surface area contributed by atoms with Gasteiger partial charge >= 0.3 is 5.97 Å². The fourth-order valence-electron chi connectivity index (χ4n) is 0.825. The lowest BCUT2D eigenvalue weighted by molar-refractivity contribution is -0.135. The van der Waals surface area contributed by atoms with Crippen molar-refractivity contribution in [3.8, 4) is 0 Å². The highest BCUT2D eigenvalue weighted by molar-refractivity contribution is 8.04. The van der Waals surface area contributed by atoms with Gasteiger partial charge in [0.15, 0.2) is 0 Å². The third kappa shape index (κ3) is 3.09. The summed E-state index contributed by atoms with van der Waals surface area (Å²) in [6, 6.07) is 9.49. The van der Waals surface area contributed by atoms with Gasteiger partial charge < -0.3 is 4.74 Å². The second-order valence-electron chi connectivity index (χ2n) is 2.38. The molecule has 0 saturated heterocycles. The van der Waals surface area contributed by atoms with Crippen molar-refractivity contribution in [2.24, 2.45) is 0 Å². The topological polar surface area (TPSA) is 26.3 Å². The van der Waals surface area contributed by atoms with E-state index in [-0.39, 0.29) is 0 Å². The third-order valence-electron chi connectivity index (χ3n) is 1.46. The Hall–Kier alpha value is -0.930. The maximum atomic E-state index is 11.2. The average Bonchev–Trinajstić information content (AvgIpc) is 2.26. The van der Waals surface area contributed by atoms with Gasteiger partial charge in [-0.2, -0.15) is 0 Å². The smallest absolute Gasteiger partial charge is 0.345 e. The van der Waals surface area contributed by atoms with Gasteiger partial charge in [0.25, 0.3) is 0 Å². The van der Waals surface area contributed by atoms with Crippen LogP contribution in [0.4, 0.5) is 0 Å². The highest BCUT2D eigenvalue weighted by atomic mass is 35.5. The van der Waals surface area contributed by atoms with Gasteiger partial charge in [0, 0.05) is 10.4 Å². The quantitative estimate of drug-likeness (QED) is 0.452. The molecule has 74 valence electrons. The van der Waals surface area contributed by atoms with Crippen molar-refractivity contribution < 1.29 is 9.53 Å². The lowest BCUT2D eigenvalue weighted by Crippen LogP contribution is -2.00. The number of carbonyl (C=O) groups excluding carboxylic acids is 1. The molecule has 1 rings (SSSR count). The normalized spacial score (nSPS) is 11.1. The Balaban J connectivity index is 2.73. The zero-order valence-electron chi connectivity index (χ0n) is 7.57. The van der Waals surface area contributed by atoms with Crippen LogP contribution in [-0.2, 0) is 9.53 Å². The first-order valence-corrected chi connectivity index (χ1v) is 5.15. The summed E-state index contributed by atoms with van der Waals surface area (Å²) in [6.07, 6.45) is 0. The van der Waals surface area contributed by atoms with Crippen LogP contribution in [0.1, 0.15) is 0 Å². The molecule has 1 aromatic rings. The maximum Gasteiger partial charge on any atom is 0.345 e. The number of rotatable bonds is 3. The lowest BCUT2D eigenvalue weighted by atomic mass is 10.4. The summed E-state index contributed by atoms with van der Waals surface area (Å²) in [6.45, 7) is 0. The van der Waals surface area contributed by atoms with E-state index in [1.54, 1.807) is 0 Å². The van der Waals surface area contributed by atoms with Gasteiger partial charge in [0.2, 0.25) is 0 Å². The first kappa shape index (κ1) is 11.1. The van der Waals surface area contributed by atoms with Crippen molar-refractivity contribution in [3.05, 3.63) is 40.8 Å². The van der Waals surface area contributed by atoms with Crippen molar-refractivity contribution in [2.45, 2.75) is 4.90 Å². The summed E-state index contributed by atoms with van der Waals surface area (Å²) in [5.74, 6) is -0.422. The zero-order chi connectivity index (χ0) is 10.4. The number of esters is 1. The molecule has 0 spiro atoms. The number of ether oxygens (including phenoxy) is 1. The summed E-state index contributed by atoms with van der Waals surface area (Å²) in [5.41, 5.74) is 1.23. The van der Waals surface area contributed by atoms with Gasteiger partial charge in [-0.3, -0.25) is 0 Å². The van der Waals surface area contributed by atoms with Crippen LogP contribution >= 0.6 is 23.4 Å². The molecule has 0 N–H and O–H groups in total. The molecule has 0 atom stereocenters. The number of halogens is 1. The monoisotopic (exact) mass is 228 g/mol. The molecule has 0 bridgehead atoms. The summed E-state index contributed by atoms with van der Waals surface area (Å²) in [7, 11) is 1.33. The Morgan fingerprint density at radius 1 is 1.43 bits per heavy atom. The van der Waals surface area contributed by atoms with Crippen LogP contribution in [0.2, 0.25) is 0 Å². The molecule has 14 heavy (non-hydrogen) atoms. The number of benzene rings is 1. The third-order valence-corrected chi connectivity index (χ3v) is 2.82. The van der Waals surface area contributed by atoms with Gasteiger partial charge in [-0.25, -0.2) is 4.79 Å². The summed E-state index contributed by atoms with van der Waals surface area (Å²) in [4.78, 5) is 12.5.